The summed E-state index contributed by atoms with van der Waals surface area (Å²) >= 11 is 0. The van der Waals surface area contributed by atoms with Gasteiger partial charge < -0.3 is 93.1 Å². The summed E-state index contributed by atoms with van der Waals surface area (Å²) in [7, 11) is 0. The second-order valence-corrected chi connectivity index (χ2v) is 0. The Hall–Kier alpha value is 23.7. The van der Waals surface area contributed by atoms with Gasteiger partial charge in [-0.1, -0.05) is 0 Å². The van der Waals surface area contributed by atoms with E-state index in [0.29, 0.717) is 0 Å². The van der Waals surface area contributed by atoms with E-state index in [-0.39, 0.29) is 895 Å². The zero-order chi connectivity index (χ0) is 0. The molecule has 371 valence electrons. The number of rotatable bonds is 0. The molecule has 0 aromatic carbocycles. The topological polar surface area (TPSA) is 484 Å². The van der Waals surface area contributed by atoms with Crippen LogP contribution in [0, 0.1) is 0 Å². The van der Waals surface area contributed by atoms with Crippen LogP contribution in [-0.2, 0) is 895 Å². The van der Waals surface area contributed by atoms with Crippen LogP contribution in [0.25, 0.3) is 0 Å². The van der Waals surface area contributed by atoms with Crippen LogP contribution in [0.4, 0.5) is 0 Å². The zero-order valence-electron chi connectivity index (χ0n) is 23.6. The third-order valence-corrected chi connectivity index (χ3v) is 0. The van der Waals surface area contributed by atoms with Crippen LogP contribution in [0.1, 0.15) is 0 Å². The van der Waals surface area contributed by atoms with Gasteiger partial charge in [0.1, 0.15) is 0 Å². The first-order chi connectivity index (χ1) is 0. The normalized spacial score (nSPS) is 0. The Labute approximate surface area is 875 Å². The molecule has 0 aliphatic carbocycles. The van der Waals surface area contributed by atoms with E-state index >= 15 is 0 Å². The fourth-order valence-electron chi connectivity index (χ4n) is 0. The van der Waals surface area contributed by atoms with Gasteiger partial charge in [0.25, 0.3) is 0 Å². The molecule has 0 saturated heterocycles. The molecule has 17 nitrogen and oxygen atoms in total. The van der Waals surface area contributed by atoms with E-state index < -0.39 is 0 Å². The summed E-state index contributed by atoms with van der Waals surface area (Å²) in [5.74, 6) is 0. The molecule has 0 saturated carbocycles. The minimum absolute atomic E-state index is 0. The van der Waals surface area contributed by atoms with Gasteiger partial charge in [-0.3, -0.25) is 0 Å². The molecule has 0 amide bonds. The van der Waals surface area contributed by atoms with Crippen molar-refractivity contribution in [2.75, 3.05) is 0 Å². The molecule has 0 aliphatic rings. The van der Waals surface area contributed by atoms with Crippen LogP contribution in [0.3, 0.4) is 0 Å². The molecule has 0 aromatic rings. The first-order valence-electron chi connectivity index (χ1n) is 0. The third-order valence-electron chi connectivity index (χ3n) is 0. The van der Waals surface area contributed by atoms with E-state index in [0.717, 1.165) is 0 Å². The molecule has 0 aromatic heterocycles. The fraction of sp³-hybridized carbons (Fsp3) is 0. The second kappa shape index (κ2) is 1130. The van der Waals surface area contributed by atoms with Crippen molar-refractivity contribution in [1.29, 1.82) is 0 Å². The van der Waals surface area contributed by atoms with Crippen LogP contribution >= 0.6 is 0 Å². The van der Waals surface area contributed by atoms with Crippen LogP contribution in [0.2, 0.25) is 0 Å². The molecule has 0 fully saturated rings. The summed E-state index contributed by atoms with van der Waals surface area (Å²) in [6.45, 7) is 0. The van der Waals surface area contributed by atoms with Crippen LogP contribution in [-0.4, -0.2) is 0 Å². The van der Waals surface area contributed by atoms with E-state index in [2.05, 4.69) is 0 Å². The van der Waals surface area contributed by atoms with E-state index in [1.54, 1.807) is 0 Å². The van der Waals surface area contributed by atoms with Gasteiger partial charge in [0.05, 0.1) is 0 Å². The van der Waals surface area contributed by atoms with Crippen molar-refractivity contribution in [2.45, 2.75) is 0 Å². The fourth-order valence-corrected chi connectivity index (χ4v) is 0. The predicted octanol–water partition coefficient (Wildman–Crippen LogP) is -2.14. The number of hydrogen-bond donors (Lipinski definition) is 0. The summed E-state index contributed by atoms with van der Waals surface area (Å²) in [5.41, 5.74) is 0. The minimum Gasteiger partial charge on any atom is -2.00 e. The maximum atomic E-state index is 0. The average Bonchev–Trinajstić information content (AvgIpc) is 0. The summed E-state index contributed by atoms with van der Waals surface area (Å²) in [6.07, 6.45) is 0. The van der Waals surface area contributed by atoms with Crippen molar-refractivity contribution >= 4 is 0 Å². The monoisotopic (exact) mass is 2900 g/mol. The SMILES string of the molecule is [Fe+3].[Fe+3].[Fe+3].[Fe+3].[Fe+3].[Fe+3].[Fe+3].[Fe+3].[Fe+3].[Fe+3].[Fe+3].[Fe+3].[Fe+3].[Fe+3].[Fe+3].[Fe+3].[Fe+3].[Fe+3].[Fe+3].[Fe+3].[Fe+3].[Fe+3].[Fe+3].[Fe+3].[Fe+3].[Fe+3].[Fe+3].[Fe+3].[Fe+3].[Fe+3].[Fe+3].[Fe+3].[Fe+3].[Fe+3].[Fe+3].[Fe+3].[Fe+3].[Fe+3].[Fe+3].[Fe+3].[Fe+3].[Fe+3].[Fe+3].[Fe+3].[Fe+3].[Fe+3].[Fe+3].[O-2].[O-2].[O-2].[O-2].[O-2].[O-2].[O-2].[O-2].[O-2].[O-2].[O-2].[O-2].[O-2].[O-2].[O-2].[O-2].[O-2]. The molecule has 47 radical (unpaired) electrons. The molecule has 0 aliphatic heterocycles. The van der Waals surface area contributed by atoms with Gasteiger partial charge in [-0.2, -0.15) is 0 Å². The smallest absolute Gasteiger partial charge is 2.00 e. The summed E-state index contributed by atoms with van der Waals surface area (Å²) in [4.78, 5) is 0. The Morgan fingerprint density at radius 2 is 0.0312 bits per heavy atom. The molecular formula is Fe47O17+107. The van der Waals surface area contributed by atoms with E-state index in [9.17, 15) is 0 Å². The summed E-state index contributed by atoms with van der Waals surface area (Å²) < 4.78 is 0. The van der Waals surface area contributed by atoms with Crippen molar-refractivity contribution < 1.29 is 895 Å². The molecule has 0 atom stereocenters. The summed E-state index contributed by atoms with van der Waals surface area (Å²) in [6, 6.07) is 0. The zero-order valence-corrected chi connectivity index (χ0v) is 75.5. The Balaban J connectivity index is 0. The molecule has 0 spiro atoms. The first kappa shape index (κ1) is 1170. The van der Waals surface area contributed by atoms with Crippen LogP contribution in [0.15, 0.2) is 0 Å². The van der Waals surface area contributed by atoms with Crippen LogP contribution < -0.4 is 0 Å². The van der Waals surface area contributed by atoms with Gasteiger partial charge >= 0.3 is 802 Å². The number of hydrogen-bond acceptors (Lipinski definition) is 0. The Morgan fingerprint density at radius 1 is 0.0312 bits per heavy atom. The van der Waals surface area contributed by atoms with E-state index in [4.69, 9.17) is 0 Å². The largest absolute Gasteiger partial charge is 3.00 e. The molecule has 64 heteroatoms. The maximum Gasteiger partial charge on any atom is 3.00 e. The molecule has 0 rings (SSSR count). The Morgan fingerprint density at radius 3 is 0.0312 bits per heavy atom. The van der Waals surface area contributed by atoms with Gasteiger partial charge in [-0.25, -0.2) is 0 Å². The van der Waals surface area contributed by atoms with Gasteiger partial charge in [0.15, 0.2) is 0 Å². The van der Waals surface area contributed by atoms with Crippen molar-refractivity contribution in [3.8, 4) is 0 Å². The molecular weight excluding hydrogens is 2900 g/mol. The minimum atomic E-state index is 0. The van der Waals surface area contributed by atoms with Crippen molar-refractivity contribution in [3.63, 3.8) is 0 Å². The van der Waals surface area contributed by atoms with Gasteiger partial charge in [-0.15, -0.1) is 0 Å². The van der Waals surface area contributed by atoms with Gasteiger partial charge in [0, 0.05) is 0 Å². The summed E-state index contributed by atoms with van der Waals surface area (Å²) in [5, 5.41) is 0. The Kier molecular flexibility index (Phi) is 20700. The van der Waals surface area contributed by atoms with Crippen molar-refractivity contribution in [3.05, 3.63) is 0 Å². The maximum absolute atomic E-state index is 0. The third kappa shape index (κ3) is 1090. The predicted molar refractivity (Wildman–Crippen MR) is 11.7 cm³/mol. The van der Waals surface area contributed by atoms with Crippen molar-refractivity contribution in [2.24, 2.45) is 0 Å². The first-order valence-corrected chi connectivity index (χ1v) is 0. The Bertz CT molecular complexity index is 53.4. The molecule has 64 heavy (non-hydrogen) atoms. The molecule has 0 unspecified atom stereocenters. The van der Waals surface area contributed by atoms with E-state index in [1.165, 1.54) is 0 Å². The molecule has 0 heterocycles. The standard InChI is InChI=1S/47Fe.17O/q47*+3;17*-2. The van der Waals surface area contributed by atoms with Gasteiger partial charge in [-0.05, 0) is 0 Å². The average molecular weight is 2900 g/mol. The van der Waals surface area contributed by atoms with Crippen LogP contribution in [0.5, 0.6) is 0 Å². The van der Waals surface area contributed by atoms with E-state index in [1.807, 2.05) is 0 Å². The van der Waals surface area contributed by atoms with Gasteiger partial charge in [0.2, 0.25) is 0 Å². The second-order valence-electron chi connectivity index (χ2n) is 0. The quantitative estimate of drug-likeness (QED) is 0.235. The van der Waals surface area contributed by atoms with Crippen molar-refractivity contribution in [1.82, 2.24) is 0 Å². The molecule has 0 N–H and O–H groups in total. The molecule has 0 bridgehead atoms.